The number of nitrogens with zero attached hydrogens (tertiary/aromatic N) is 4. The highest BCUT2D eigenvalue weighted by Gasteiger charge is 2.09. The zero-order chi connectivity index (χ0) is 13.9. The molecule has 0 atom stereocenters. The Morgan fingerprint density at radius 3 is 2.70 bits per heavy atom. The zero-order valence-electron chi connectivity index (χ0n) is 11.4. The Kier molecular flexibility index (Phi) is 3.20. The molecule has 0 bridgehead atoms. The minimum atomic E-state index is 0.418. The number of hydrogen-bond donors (Lipinski definition) is 1. The van der Waals surface area contributed by atoms with Crippen LogP contribution < -0.4 is 5.32 Å². The lowest BCUT2D eigenvalue weighted by molar-refractivity contribution is 0.425. The number of para-hydroxylation sites is 1. The second-order valence-corrected chi connectivity index (χ2v) is 4.47. The normalized spacial score (nSPS) is 10.7. The lowest BCUT2D eigenvalue weighted by Gasteiger charge is -2.10. The molecule has 3 rings (SSSR count). The molecule has 1 aromatic carbocycles. The summed E-state index contributed by atoms with van der Waals surface area (Å²) in [7, 11) is 0. The lowest BCUT2D eigenvalue weighted by Crippen LogP contribution is -2.07. The summed E-state index contributed by atoms with van der Waals surface area (Å²) in [6.07, 6.45) is 1.85. The van der Waals surface area contributed by atoms with E-state index >= 15 is 0 Å². The first-order valence-electron chi connectivity index (χ1n) is 6.37. The van der Waals surface area contributed by atoms with E-state index in [9.17, 15) is 0 Å². The van der Waals surface area contributed by atoms with Gasteiger partial charge in [-0.25, -0.2) is 4.98 Å². The van der Waals surface area contributed by atoms with Crippen LogP contribution in [0.5, 0.6) is 0 Å². The van der Waals surface area contributed by atoms with Gasteiger partial charge in [-0.2, -0.15) is 4.98 Å². The maximum Gasteiger partial charge on any atom is 0.321 e. The predicted molar refractivity (Wildman–Crippen MR) is 74.7 cm³/mol. The molecule has 0 spiro atoms. The van der Waals surface area contributed by atoms with Crippen LogP contribution >= 0.6 is 0 Å². The van der Waals surface area contributed by atoms with E-state index in [0.29, 0.717) is 18.4 Å². The molecular weight excluding hydrogens is 254 g/mol. The van der Waals surface area contributed by atoms with Crippen LogP contribution in [0.2, 0.25) is 0 Å². The fourth-order valence-corrected chi connectivity index (χ4v) is 2.08. The maximum atomic E-state index is 5.04. The van der Waals surface area contributed by atoms with Crippen molar-refractivity contribution < 1.29 is 4.52 Å². The van der Waals surface area contributed by atoms with Crippen molar-refractivity contribution in [2.75, 3.05) is 5.32 Å². The third kappa shape index (κ3) is 2.40. The quantitative estimate of drug-likeness (QED) is 0.788. The fraction of sp³-hybridized carbons (Fsp3) is 0.214. The molecule has 20 heavy (non-hydrogen) atoms. The summed E-state index contributed by atoms with van der Waals surface area (Å²) in [5.41, 5.74) is 2.12. The minimum Gasteiger partial charge on any atom is -0.332 e. The zero-order valence-corrected chi connectivity index (χ0v) is 11.4. The predicted octanol–water partition coefficient (Wildman–Crippen LogP) is 2.48. The van der Waals surface area contributed by atoms with Gasteiger partial charge >= 0.3 is 6.01 Å². The largest absolute Gasteiger partial charge is 0.332 e. The average Bonchev–Trinajstić information content (AvgIpc) is 3.03. The molecule has 1 N–H and O–H groups in total. The fourth-order valence-electron chi connectivity index (χ4n) is 2.08. The van der Waals surface area contributed by atoms with Gasteiger partial charge in [-0.3, -0.25) is 4.57 Å². The molecule has 0 saturated heterocycles. The van der Waals surface area contributed by atoms with Crippen molar-refractivity contribution in [2.45, 2.75) is 20.4 Å². The van der Waals surface area contributed by atoms with Crippen molar-refractivity contribution >= 4 is 6.01 Å². The van der Waals surface area contributed by atoms with Crippen LogP contribution in [0.3, 0.4) is 0 Å². The number of rotatable bonds is 4. The van der Waals surface area contributed by atoms with E-state index < -0.39 is 0 Å². The molecule has 0 radical (unpaired) electrons. The van der Waals surface area contributed by atoms with Gasteiger partial charge in [-0.05, 0) is 26.0 Å². The third-order valence-electron chi connectivity index (χ3n) is 2.97. The number of anilines is 1. The van der Waals surface area contributed by atoms with Crippen molar-refractivity contribution in [3.8, 4) is 5.69 Å². The Bertz CT molecular complexity index is 701. The molecule has 0 aliphatic heterocycles. The van der Waals surface area contributed by atoms with Crippen LogP contribution in [0.25, 0.3) is 5.69 Å². The van der Waals surface area contributed by atoms with E-state index in [-0.39, 0.29) is 0 Å². The second-order valence-electron chi connectivity index (χ2n) is 4.47. The van der Waals surface area contributed by atoms with E-state index in [4.69, 9.17) is 4.52 Å². The highest BCUT2D eigenvalue weighted by atomic mass is 16.5. The van der Waals surface area contributed by atoms with Crippen LogP contribution in [0.15, 0.2) is 41.1 Å². The Hall–Kier alpha value is -2.63. The summed E-state index contributed by atoms with van der Waals surface area (Å²) in [4.78, 5) is 8.48. The van der Waals surface area contributed by atoms with Crippen LogP contribution in [0, 0.1) is 13.8 Å². The molecule has 0 fully saturated rings. The highest BCUT2D eigenvalue weighted by molar-refractivity contribution is 5.36. The smallest absolute Gasteiger partial charge is 0.321 e. The molecule has 0 unspecified atom stereocenters. The third-order valence-corrected chi connectivity index (χ3v) is 2.97. The molecule has 6 heteroatoms. The lowest BCUT2D eigenvalue weighted by atomic mass is 10.3. The summed E-state index contributed by atoms with van der Waals surface area (Å²) < 4.78 is 7.13. The Balaban J connectivity index is 1.84. The second kappa shape index (κ2) is 5.16. The van der Waals surface area contributed by atoms with Gasteiger partial charge in [0.25, 0.3) is 0 Å². The number of imidazole rings is 1. The highest BCUT2D eigenvalue weighted by Crippen LogP contribution is 2.15. The van der Waals surface area contributed by atoms with Gasteiger partial charge in [0, 0.05) is 5.69 Å². The molecule has 0 aliphatic rings. The number of aromatic nitrogens is 4. The molecule has 102 valence electrons. The van der Waals surface area contributed by atoms with E-state index in [0.717, 1.165) is 17.2 Å². The molecular formula is C14H15N5O. The molecule has 0 saturated carbocycles. The number of hydrogen-bond acceptors (Lipinski definition) is 5. The van der Waals surface area contributed by atoms with Gasteiger partial charge in [0.05, 0.1) is 18.4 Å². The van der Waals surface area contributed by atoms with Gasteiger partial charge < -0.3 is 9.84 Å². The van der Waals surface area contributed by atoms with Crippen molar-refractivity contribution in [2.24, 2.45) is 0 Å². The summed E-state index contributed by atoms with van der Waals surface area (Å²) in [5, 5.41) is 6.85. The number of benzene rings is 1. The van der Waals surface area contributed by atoms with Gasteiger partial charge in [0.15, 0.2) is 5.82 Å². The van der Waals surface area contributed by atoms with E-state index in [1.165, 1.54) is 0 Å². The van der Waals surface area contributed by atoms with Gasteiger partial charge in [0.1, 0.15) is 5.82 Å². The molecule has 2 heterocycles. The Morgan fingerprint density at radius 1 is 1.20 bits per heavy atom. The SMILES string of the molecule is Cc1noc(NCc2cnc(C)n2-c2ccccc2)n1. The van der Waals surface area contributed by atoms with E-state index in [2.05, 4.69) is 37.1 Å². The molecule has 0 amide bonds. The summed E-state index contributed by atoms with van der Waals surface area (Å²) in [6.45, 7) is 4.33. The molecule has 3 aromatic rings. The first kappa shape index (κ1) is 12.4. The maximum absolute atomic E-state index is 5.04. The van der Waals surface area contributed by atoms with Crippen molar-refractivity contribution in [1.82, 2.24) is 19.7 Å². The molecule has 6 nitrogen and oxygen atoms in total. The first-order valence-corrected chi connectivity index (χ1v) is 6.37. The summed E-state index contributed by atoms with van der Waals surface area (Å²) >= 11 is 0. The van der Waals surface area contributed by atoms with E-state index in [1.807, 2.05) is 31.3 Å². The molecule has 2 aromatic heterocycles. The molecule has 0 aliphatic carbocycles. The van der Waals surface area contributed by atoms with E-state index in [1.54, 1.807) is 6.92 Å². The summed E-state index contributed by atoms with van der Waals surface area (Å²) in [6, 6.07) is 10.5. The minimum absolute atomic E-state index is 0.418. The van der Waals surface area contributed by atoms with Gasteiger partial charge in [-0.15, -0.1) is 0 Å². The topological polar surface area (TPSA) is 68.8 Å². The Morgan fingerprint density at radius 2 is 2.00 bits per heavy atom. The monoisotopic (exact) mass is 269 g/mol. The Labute approximate surface area is 116 Å². The van der Waals surface area contributed by atoms with Crippen molar-refractivity contribution in [1.29, 1.82) is 0 Å². The van der Waals surface area contributed by atoms with Crippen LogP contribution in [-0.4, -0.2) is 19.7 Å². The standard InChI is InChI=1S/C14H15N5O/c1-10-17-14(20-18-10)16-9-13-8-15-11(2)19(13)12-6-4-3-5-7-12/h3-8H,9H2,1-2H3,(H,16,17,18). The van der Waals surface area contributed by atoms with Crippen LogP contribution in [0.4, 0.5) is 6.01 Å². The average molecular weight is 269 g/mol. The van der Waals surface area contributed by atoms with Crippen LogP contribution in [0.1, 0.15) is 17.3 Å². The summed E-state index contributed by atoms with van der Waals surface area (Å²) in [5.74, 6) is 1.55. The van der Waals surface area contributed by atoms with Crippen molar-refractivity contribution in [3.05, 3.63) is 53.9 Å². The van der Waals surface area contributed by atoms with Gasteiger partial charge in [-0.1, -0.05) is 23.4 Å². The van der Waals surface area contributed by atoms with Crippen LogP contribution in [-0.2, 0) is 6.54 Å². The number of nitrogens with one attached hydrogen (secondary N) is 1. The van der Waals surface area contributed by atoms with Crippen molar-refractivity contribution in [3.63, 3.8) is 0 Å². The van der Waals surface area contributed by atoms with Gasteiger partial charge in [0.2, 0.25) is 0 Å². The first-order chi connectivity index (χ1) is 9.74. The number of aryl methyl sites for hydroxylation is 2.